The maximum absolute atomic E-state index is 14.0. The molecule has 0 radical (unpaired) electrons. The van der Waals surface area contributed by atoms with Crippen molar-refractivity contribution in [3.63, 3.8) is 0 Å². The molecule has 0 bridgehead atoms. The number of benzene rings is 1. The fourth-order valence-electron chi connectivity index (χ4n) is 5.06. The van der Waals surface area contributed by atoms with Gasteiger partial charge in [0, 0.05) is 42.1 Å². The highest BCUT2D eigenvalue weighted by Gasteiger charge is 2.24. The van der Waals surface area contributed by atoms with Crippen molar-refractivity contribution in [1.82, 2.24) is 19.3 Å². The third kappa shape index (κ3) is 4.35. The summed E-state index contributed by atoms with van der Waals surface area (Å²) in [6, 6.07) is 9.18. The van der Waals surface area contributed by atoms with Crippen LogP contribution in [0.2, 0.25) is 0 Å². The van der Waals surface area contributed by atoms with Gasteiger partial charge in [-0.05, 0) is 63.6 Å². The molecule has 0 fully saturated rings. The van der Waals surface area contributed by atoms with Crippen molar-refractivity contribution >= 4 is 28.4 Å². The minimum absolute atomic E-state index is 0.172. The summed E-state index contributed by atoms with van der Waals surface area (Å²) in [6.45, 7) is 7.94. The van der Waals surface area contributed by atoms with Gasteiger partial charge < -0.3 is 20.1 Å². The van der Waals surface area contributed by atoms with Gasteiger partial charge in [-0.1, -0.05) is 6.07 Å². The summed E-state index contributed by atoms with van der Waals surface area (Å²) < 4.78 is 22.5. The van der Waals surface area contributed by atoms with Crippen molar-refractivity contribution in [1.29, 1.82) is 0 Å². The van der Waals surface area contributed by atoms with E-state index in [4.69, 9.17) is 10.3 Å². The van der Waals surface area contributed by atoms with Gasteiger partial charge in [-0.25, -0.2) is 9.37 Å². The maximum Gasteiger partial charge on any atom is 0.290 e. The van der Waals surface area contributed by atoms with Crippen LogP contribution < -0.4 is 16.6 Å². The molecule has 5 aromatic rings. The Bertz CT molecular complexity index is 1880. The third-order valence-corrected chi connectivity index (χ3v) is 6.86. The number of fused-ring (bicyclic) bond motifs is 1. The van der Waals surface area contributed by atoms with Crippen LogP contribution in [0.1, 0.15) is 44.8 Å². The van der Waals surface area contributed by atoms with E-state index in [1.807, 2.05) is 36.6 Å². The summed E-state index contributed by atoms with van der Waals surface area (Å²) in [5.74, 6) is -1.73. The number of pyridine rings is 2. The summed E-state index contributed by atoms with van der Waals surface area (Å²) in [6.07, 6.45) is 1.63. The molecular formula is C29H27FN6O4. The van der Waals surface area contributed by atoms with E-state index in [1.54, 1.807) is 27.1 Å². The molecule has 0 unspecified atom stereocenters. The van der Waals surface area contributed by atoms with Crippen molar-refractivity contribution in [2.75, 3.05) is 5.32 Å². The highest BCUT2D eigenvalue weighted by atomic mass is 19.1. The molecule has 4 heterocycles. The van der Waals surface area contributed by atoms with Gasteiger partial charge in [0.05, 0.1) is 28.0 Å². The molecule has 4 aromatic heterocycles. The second-order valence-corrected chi connectivity index (χ2v) is 9.50. The van der Waals surface area contributed by atoms with Crippen LogP contribution in [0.15, 0.2) is 51.9 Å². The van der Waals surface area contributed by atoms with Crippen LogP contribution in [0.25, 0.3) is 33.4 Å². The molecule has 11 heteroatoms. The van der Waals surface area contributed by atoms with Crippen LogP contribution in [-0.4, -0.2) is 31.1 Å². The highest BCUT2D eigenvalue weighted by Crippen LogP contribution is 2.35. The fourth-order valence-corrected chi connectivity index (χ4v) is 5.06. The number of rotatable bonds is 6. The molecule has 0 aliphatic heterocycles. The van der Waals surface area contributed by atoms with Crippen LogP contribution in [0.3, 0.4) is 0 Å². The summed E-state index contributed by atoms with van der Waals surface area (Å²) >= 11 is 0. The number of carbonyl (C=O) groups excluding carboxylic acids is 2. The van der Waals surface area contributed by atoms with Gasteiger partial charge in [0.1, 0.15) is 11.6 Å². The Morgan fingerprint density at radius 2 is 1.88 bits per heavy atom. The zero-order valence-electron chi connectivity index (χ0n) is 22.6. The van der Waals surface area contributed by atoms with Crippen molar-refractivity contribution in [2.24, 2.45) is 12.8 Å². The van der Waals surface area contributed by atoms with Gasteiger partial charge in [0.15, 0.2) is 5.69 Å². The standard InChI is InChI=1S/C29H27FN6O4/c1-6-36-25(22-10-7-17(13-32-22)23-16(4)40-35(5)29(23)39)15(3)19-11-14(2)33-24(26(19)36)28(38)34-18-8-9-21(30)20(12-18)27(31)37/h7-13H,6H2,1-5H3,(H2,31,37)(H,34,38). The van der Waals surface area contributed by atoms with Crippen LogP contribution in [0, 0.1) is 26.6 Å². The molecule has 0 aliphatic rings. The van der Waals surface area contributed by atoms with E-state index in [0.29, 0.717) is 40.3 Å². The first-order valence-electron chi connectivity index (χ1n) is 12.6. The number of halogens is 1. The Kier molecular flexibility index (Phi) is 6.58. The molecule has 10 nitrogen and oxygen atoms in total. The quantitative estimate of drug-likeness (QED) is 0.324. The fraction of sp³-hybridized carbons (Fsp3) is 0.207. The van der Waals surface area contributed by atoms with E-state index in [-0.39, 0.29) is 22.5 Å². The zero-order valence-corrected chi connectivity index (χ0v) is 22.6. The molecule has 40 heavy (non-hydrogen) atoms. The van der Waals surface area contributed by atoms with Gasteiger partial charge in [0.2, 0.25) is 0 Å². The number of nitrogens with zero attached hydrogens (tertiary/aromatic N) is 4. The lowest BCUT2D eigenvalue weighted by atomic mass is 10.1. The monoisotopic (exact) mass is 542 g/mol. The number of hydrogen-bond donors (Lipinski definition) is 2. The van der Waals surface area contributed by atoms with Crippen LogP contribution in [-0.2, 0) is 13.6 Å². The van der Waals surface area contributed by atoms with Crippen molar-refractivity contribution in [3.05, 3.63) is 87.0 Å². The second-order valence-electron chi connectivity index (χ2n) is 9.50. The predicted octanol–water partition coefficient (Wildman–Crippen LogP) is 4.49. The van der Waals surface area contributed by atoms with E-state index < -0.39 is 17.6 Å². The van der Waals surface area contributed by atoms with Crippen molar-refractivity contribution in [2.45, 2.75) is 34.2 Å². The number of aromatic nitrogens is 4. The van der Waals surface area contributed by atoms with E-state index in [0.717, 1.165) is 22.7 Å². The smallest absolute Gasteiger partial charge is 0.290 e. The van der Waals surface area contributed by atoms with Gasteiger partial charge in [-0.15, -0.1) is 0 Å². The van der Waals surface area contributed by atoms with Crippen molar-refractivity contribution < 1.29 is 18.5 Å². The van der Waals surface area contributed by atoms with Gasteiger partial charge in [0.25, 0.3) is 17.4 Å². The molecule has 204 valence electrons. The minimum Gasteiger partial charge on any atom is -0.381 e. The normalized spacial score (nSPS) is 11.2. The lowest BCUT2D eigenvalue weighted by Gasteiger charge is -2.12. The first-order valence-corrected chi connectivity index (χ1v) is 12.6. The molecule has 0 aliphatic carbocycles. The first-order chi connectivity index (χ1) is 19.0. The Hall–Kier alpha value is -5.06. The Balaban J connectivity index is 1.61. The number of anilines is 1. The largest absolute Gasteiger partial charge is 0.381 e. The minimum atomic E-state index is -0.938. The molecule has 2 amide bonds. The summed E-state index contributed by atoms with van der Waals surface area (Å²) in [4.78, 5) is 46.8. The van der Waals surface area contributed by atoms with E-state index >= 15 is 0 Å². The number of carbonyl (C=O) groups is 2. The second kappa shape index (κ2) is 9.92. The SMILES string of the molecule is CCn1c(-c2ccc(-c3c(C)on(C)c3=O)cn2)c(C)c2cc(C)nc(C(=O)Nc3ccc(F)c(C(N)=O)c3)c21. The molecule has 5 rings (SSSR count). The molecule has 1 aromatic carbocycles. The first kappa shape index (κ1) is 26.5. The molecular weight excluding hydrogens is 515 g/mol. The van der Waals surface area contributed by atoms with Crippen LogP contribution in [0.4, 0.5) is 10.1 Å². The molecule has 3 N–H and O–H groups in total. The number of primary amides is 1. The Morgan fingerprint density at radius 3 is 2.48 bits per heavy atom. The van der Waals surface area contributed by atoms with Gasteiger partial charge in [-0.2, -0.15) is 4.74 Å². The Labute approximate surface area is 228 Å². The maximum atomic E-state index is 14.0. The number of nitrogens with one attached hydrogen (secondary N) is 1. The zero-order chi connectivity index (χ0) is 28.9. The lowest BCUT2D eigenvalue weighted by molar-refractivity contribution is 0.0992. The number of nitrogens with two attached hydrogens (primary N) is 1. The van der Waals surface area contributed by atoms with E-state index in [1.165, 1.54) is 16.9 Å². The third-order valence-electron chi connectivity index (χ3n) is 6.86. The summed E-state index contributed by atoms with van der Waals surface area (Å²) in [5, 5.41) is 3.54. The number of hydrogen-bond acceptors (Lipinski definition) is 6. The molecule has 0 spiro atoms. The van der Waals surface area contributed by atoms with Gasteiger partial charge in [-0.3, -0.25) is 19.4 Å². The molecule has 0 atom stereocenters. The lowest BCUT2D eigenvalue weighted by Crippen LogP contribution is -2.18. The summed E-state index contributed by atoms with van der Waals surface area (Å²) in [7, 11) is 1.56. The highest BCUT2D eigenvalue weighted by molar-refractivity contribution is 6.12. The van der Waals surface area contributed by atoms with Crippen LogP contribution in [0.5, 0.6) is 0 Å². The molecule has 0 saturated heterocycles. The average molecular weight is 543 g/mol. The Morgan fingerprint density at radius 1 is 1.12 bits per heavy atom. The number of amides is 2. The molecule has 0 saturated carbocycles. The summed E-state index contributed by atoms with van der Waals surface area (Å²) in [5.41, 5.74) is 9.77. The average Bonchev–Trinajstić information content (AvgIpc) is 3.34. The number of aryl methyl sites for hydroxylation is 5. The van der Waals surface area contributed by atoms with E-state index in [9.17, 15) is 18.8 Å². The topological polar surface area (TPSA) is 138 Å². The van der Waals surface area contributed by atoms with Gasteiger partial charge >= 0.3 is 0 Å². The van der Waals surface area contributed by atoms with Crippen molar-refractivity contribution in [3.8, 4) is 22.5 Å². The predicted molar refractivity (Wildman–Crippen MR) is 149 cm³/mol. The van der Waals surface area contributed by atoms with Crippen LogP contribution >= 0.6 is 0 Å². The van der Waals surface area contributed by atoms with E-state index in [2.05, 4.69) is 15.3 Å².